The van der Waals surface area contributed by atoms with Crippen molar-refractivity contribution >= 4 is 35.1 Å². The Morgan fingerprint density at radius 2 is 1.98 bits per heavy atom. The summed E-state index contributed by atoms with van der Waals surface area (Å²) in [4.78, 5) is 32.0. The van der Waals surface area contributed by atoms with Crippen LogP contribution in [0.5, 0.6) is 0 Å². The van der Waals surface area contributed by atoms with Crippen molar-refractivity contribution in [3.8, 4) is 6.07 Å². The van der Waals surface area contributed by atoms with Crippen molar-refractivity contribution in [3.63, 3.8) is 0 Å². The zero-order valence-corrected chi connectivity index (χ0v) is 25.2. The highest BCUT2D eigenvalue weighted by Gasteiger charge is 2.68. The molecule has 2 aromatic rings. The summed E-state index contributed by atoms with van der Waals surface area (Å²) in [6, 6.07) is 2.54. The summed E-state index contributed by atoms with van der Waals surface area (Å²) in [5.41, 5.74) is 2.41. The fourth-order valence-corrected chi connectivity index (χ4v) is 6.66. The molecule has 0 radical (unpaired) electrons. The zero-order valence-electron chi connectivity index (χ0n) is 23.7. The van der Waals surface area contributed by atoms with Crippen LogP contribution in [0.1, 0.15) is 58.2 Å². The summed E-state index contributed by atoms with van der Waals surface area (Å²) in [6.07, 6.45) is 0.0937. The monoisotopic (exact) mass is 624 g/mol. The van der Waals surface area contributed by atoms with Crippen molar-refractivity contribution in [2.45, 2.75) is 82.4 Å². The quantitative estimate of drug-likeness (QED) is 0.448. The second-order valence-corrected chi connectivity index (χ2v) is 13.2. The van der Waals surface area contributed by atoms with Gasteiger partial charge in [0.15, 0.2) is 5.79 Å². The van der Waals surface area contributed by atoms with Crippen molar-refractivity contribution < 1.29 is 33.0 Å². The first-order valence-electron chi connectivity index (χ1n) is 13.2. The number of carbonyl (C=O) groups excluding carboxylic acids is 1. The molecule has 0 saturated carbocycles. The summed E-state index contributed by atoms with van der Waals surface area (Å²) in [5, 5.41) is 21.5. The number of aromatic nitrogens is 1. The molecular formula is C29H32Cl2F2N4O5. The Kier molecular flexibility index (Phi) is 8.64. The molecule has 2 fully saturated rings. The lowest BCUT2D eigenvalue weighted by molar-refractivity contribution is -0.159. The maximum absolute atomic E-state index is 15.9. The molecule has 4 rings (SSSR count). The van der Waals surface area contributed by atoms with Crippen molar-refractivity contribution in [2.24, 2.45) is 11.1 Å². The summed E-state index contributed by atoms with van der Waals surface area (Å²) >= 11 is 12.2. The Labute approximate surface area is 252 Å². The Balaban J connectivity index is 2.15. The van der Waals surface area contributed by atoms with E-state index in [0.29, 0.717) is 0 Å². The molecule has 42 heavy (non-hydrogen) atoms. The number of benzene rings is 1. The van der Waals surface area contributed by atoms with E-state index in [9.17, 15) is 20.0 Å². The number of aliphatic carboxylic acids is 1. The van der Waals surface area contributed by atoms with Crippen molar-refractivity contribution in [2.75, 3.05) is 6.61 Å². The van der Waals surface area contributed by atoms with Gasteiger partial charge in [0.25, 0.3) is 0 Å². The Morgan fingerprint density at radius 1 is 1.31 bits per heavy atom. The van der Waals surface area contributed by atoms with Crippen molar-refractivity contribution in [1.29, 1.82) is 5.26 Å². The van der Waals surface area contributed by atoms with E-state index in [4.69, 9.17) is 38.4 Å². The fourth-order valence-electron chi connectivity index (χ4n) is 6.33. The highest BCUT2D eigenvalue weighted by atomic mass is 35.5. The number of nitrogens with zero attached hydrogens (tertiary/aromatic N) is 3. The van der Waals surface area contributed by atoms with Gasteiger partial charge in [-0.1, -0.05) is 56.1 Å². The molecule has 1 aromatic carbocycles. The van der Waals surface area contributed by atoms with Crippen LogP contribution < -0.4 is 5.73 Å². The number of amides is 1. The van der Waals surface area contributed by atoms with Crippen LogP contribution in [0.2, 0.25) is 10.0 Å². The fraction of sp³-hybridized carbons (Fsp3) is 0.517. The molecule has 2 aliphatic heterocycles. The van der Waals surface area contributed by atoms with Gasteiger partial charge in [0.1, 0.15) is 35.2 Å². The average molecular weight is 626 g/mol. The number of hydrogen-bond donors (Lipinski definition) is 2. The molecule has 1 unspecified atom stereocenters. The number of rotatable bonds is 7. The van der Waals surface area contributed by atoms with E-state index in [-0.39, 0.29) is 28.6 Å². The third-order valence-electron chi connectivity index (χ3n) is 7.77. The first-order chi connectivity index (χ1) is 19.4. The van der Waals surface area contributed by atoms with Crippen LogP contribution in [0.15, 0.2) is 30.5 Å². The van der Waals surface area contributed by atoms with Crippen molar-refractivity contribution in [1.82, 2.24) is 9.88 Å². The Bertz CT molecular complexity index is 1450. The van der Waals surface area contributed by atoms with Gasteiger partial charge >= 0.3 is 5.97 Å². The normalized spacial score (nSPS) is 28.4. The number of nitrogens with two attached hydrogens (primary N) is 1. The summed E-state index contributed by atoms with van der Waals surface area (Å²) < 4.78 is 43.4. The summed E-state index contributed by atoms with van der Waals surface area (Å²) in [6.45, 7) is 8.61. The maximum Gasteiger partial charge on any atom is 0.321 e. The molecule has 0 spiro atoms. The van der Waals surface area contributed by atoms with E-state index in [1.165, 1.54) is 23.1 Å². The topological polar surface area (TPSA) is 139 Å². The number of carboxylic acid groups (broad SMARTS) is 1. The number of halogens is 4. The van der Waals surface area contributed by atoms with Crippen LogP contribution in [0.4, 0.5) is 8.78 Å². The van der Waals surface area contributed by atoms with Gasteiger partial charge in [-0.2, -0.15) is 5.26 Å². The lowest BCUT2D eigenvalue weighted by Crippen LogP contribution is -2.60. The number of nitriles is 1. The minimum absolute atomic E-state index is 0.0352. The molecule has 2 saturated heterocycles. The molecule has 6 atom stereocenters. The molecule has 3 heterocycles. The number of ether oxygens (including phenoxy) is 2. The third-order valence-corrected chi connectivity index (χ3v) is 8.27. The second kappa shape index (κ2) is 11.3. The maximum atomic E-state index is 15.9. The van der Waals surface area contributed by atoms with Crippen LogP contribution >= 0.6 is 23.2 Å². The van der Waals surface area contributed by atoms with E-state index >= 15 is 8.78 Å². The first kappa shape index (κ1) is 32.0. The van der Waals surface area contributed by atoms with Gasteiger partial charge in [-0.15, -0.1) is 0 Å². The summed E-state index contributed by atoms with van der Waals surface area (Å²) in [7, 11) is 0. The highest BCUT2D eigenvalue weighted by Crippen LogP contribution is 2.57. The van der Waals surface area contributed by atoms with Crippen molar-refractivity contribution in [3.05, 3.63) is 63.4 Å². The molecule has 2 aliphatic rings. The molecule has 0 bridgehead atoms. The van der Waals surface area contributed by atoms with E-state index in [1.54, 1.807) is 13.8 Å². The molecule has 13 heteroatoms. The molecule has 1 aromatic heterocycles. The molecule has 226 valence electrons. The predicted octanol–water partition coefficient (Wildman–Crippen LogP) is 4.79. The molecular weight excluding hydrogens is 593 g/mol. The van der Waals surface area contributed by atoms with Crippen LogP contribution in [0, 0.1) is 28.4 Å². The van der Waals surface area contributed by atoms with Gasteiger partial charge in [-0.25, -0.2) is 8.78 Å². The third kappa shape index (κ3) is 5.58. The predicted molar refractivity (Wildman–Crippen MR) is 150 cm³/mol. The average Bonchev–Trinajstić information content (AvgIpc) is 3.35. The van der Waals surface area contributed by atoms with Crippen LogP contribution in [0.25, 0.3) is 0 Å². The van der Waals surface area contributed by atoms with Gasteiger partial charge in [0.05, 0.1) is 28.4 Å². The number of carboxylic acids is 1. The lowest BCUT2D eigenvalue weighted by atomic mass is 9.64. The Morgan fingerprint density at radius 3 is 2.48 bits per heavy atom. The van der Waals surface area contributed by atoms with Gasteiger partial charge in [0.2, 0.25) is 5.91 Å². The van der Waals surface area contributed by atoms with Gasteiger partial charge in [-0.3, -0.25) is 19.5 Å². The van der Waals surface area contributed by atoms with Crippen LogP contribution in [0.3, 0.4) is 0 Å². The van der Waals surface area contributed by atoms with E-state index < -0.39 is 76.0 Å². The van der Waals surface area contributed by atoms with Crippen LogP contribution in [-0.2, 0) is 24.5 Å². The second-order valence-electron chi connectivity index (χ2n) is 12.3. The van der Waals surface area contributed by atoms with E-state index in [2.05, 4.69) is 11.1 Å². The number of likely N-dealkylation sites (tertiary alicyclic amines) is 1. The number of primary amides is 1. The molecule has 0 aliphatic carbocycles. The largest absolute Gasteiger partial charge is 0.480 e. The minimum atomic E-state index is -2.18. The zero-order chi connectivity index (χ0) is 31.4. The van der Waals surface area contributed by atoms with Crippen LogP contribution in [-0.4, -0.2) is 63.5 Å². The number of carbonyl (C=O) groups is 2. The Hall–Kier alpha value is -2.88. The first-order valence-corrected chi connectivity index (χ1v) is 14.0. The number of hydrogen-bond acceptors (Lipinski definition) is 7. The van der Waals surface area contributed by atoms with Gasteiger partial charge in [-0.05, 0) is 43.4 Å². The molecule has 9 nitrogen and oxygen atoms in total. The highest BCUT2D eigenvalue weighted by molar-refractivity contribution is 6.31. The lowest BCUT2D eigenvalue weighted by Gasteiger charge is -2.41. The van der Waals surface area contributed by atoms with Gasteiger partial charge < -0.3 is 20.3 Å². The molecule has 1 amide bonds. The van der Waals surface area contributed by atoms with E-state index in [0.717, 1.165) is 12.3 Å². The van der Waals surface area contributed by atoms with Gasteiger partial charge in [0, 0.05) is 18.2 Å². The summed E-state index contributed by atoms with van der Waals surface area (Å²) in [5.74, 6) is -7.21. The standard InChI is InChI=1S/C29H32Cl2F2N4O5/c1-27(2,3)10-19-29(13-34,24-17(32)9-14(30)11-36-24)20(15-7-6-8-16(31)21(15)33)23(26(39)40)37(19)22(25(35)38)18-12-41-28(4,5)42-18/h6-9,11,18-20,22-23H,10,12H2,1-5H3,(H2,35,38)(H,39,40)/t18-,19+,20+,22?,23-,29+/m1/s1. The van der Waals surface area contributed by atoms with E-state index in [1.807, 2.05) is 20.8 Å². The SMILES string of the molecule is CC(C)(C)C[C@@H]1N(C(C(N)=O)[C@H]2COC(C)(C)O2)[C@@H](C(=O)O)[C@H](c2cccc(Cl)c2F)[C@@]1(C#N)c1ncc(Cl)cc1F. The smallest absolute Gasteiger partial charge is 0.321 e. The number of pyridine rings is 1. The minimum Gasteiger partial charge on any atom is -0.480 e. The molecule has 3 N–H and O–H groups in total.